The molecule has 0 spiro atoms. The van der Waals surface area contributed by atoms with E-state index in [1.54, 1.807) is 18.2 Å². The van der Waals surface area contributed by atoms with Gasteiger partial charge in [-0.15, -0.1) is 0 Å². The Morgan fingerprint density at radius 3 is 2.60 bits per heavy atom. The Hall–Kier alpha value is -1.51. The van der Waals surface area contributed by atoms with Gasteiger partial charge in [0.1, 0.15) is 0 Å². The smallest absolute Gasteiger partial charge is 0.253 e. The lowest BCUT2D eigenvalue weighted by molar-refractivity contribution is 0.0951. The molecule has 0 heterocycles. The van der Waals surface area contributed by atoms with Gasteiger partial charge in [0, 0.05) is 6.54 Å². The van der Waals surface area contributed by atoms with Gasteiger partial charge in [-0.1, -0.05) is 53.0 Å². The minimum atomic E-state index is -0.225. The SMILES string of the molecule is Cc1ccc(CNC(=O)c2cccc(Cl)c2Cl)c(C)c1. The zero-order valence-electron chi connectivity index (χ0n) is 11.3. The first kappa shape index (κ1) is 14.9. The second-order valence-electron chi connectivity index (χ2n) is 4.71. The van der Waals surface area contributed by atoms with Crippen molar-refractivity contribution in [2.45, 2.75) is 20.4 Å². The summed E-state index contributed by atoms with van der Waals surface area (Å²) in [5.74, 6) is -0.225. The van der Waals surface area contributed by atoms with Crippen molar-refractivity contribution in [2.75, 3.05) is 0 Å². The fourth-order valence-corrected chi connectivity index (χ4v) is 2.38. The molecule has 4 heteroatoms. The lowest BCUT2D eigenvalue weighted by Crippen LogP contribution is -2.23. The summed E-state index contributed by atoms with van der Waals surface area (Å²) in [5, 5.41) is 3.53. The summed E-state index contributed by atoms with van der Waals surface area (Å²) in [7, 11) is 0. The number of halogens is 2. The highest BCUT2D eigenvalue weighted by atomic mass is 35.5. The van der Waals surface area contributed by atoms with E-state index in [2.05, 4.69) is 11.4 Å². The molecule has 0 unspecified atom stereocenters. The van der Waals surface area contributed by atoms with E-state index < -0.39 is 0 Å². The summed E-state index contributed by atoms with van der Waals surface area (Å²) < 4.78 is 0. The summed E-state index contributed by atoms with van der Waals surface area (Å²) in [6.07, 6.45) is 0. The van der Waals surface area contributed by atoms with Crippen LogP contribution in [0.2, 0.25) is 10.0 Å². The van der Waals surface area contributed by atoms with Gasteiger partial charge in [-0.05, 0) is 37.1 Å². The van der Waals surface area contributed by atoms with Gasteiger partial charge >= 0.3 is 0 Å². The first-order valence-corrected chi connectivity index (χ1v) is 7.03. The van der Waals surface area contributed by atoms with Crippen LogP contribution < -0.4 is 5.32 Å². The van der Waals surface area contributed by atoms with E-state index in [1.807, 2.05) is 26.0 Å². The molecule has 0 atom stereocenters. The number of rotatable bonds is 3. The number of aryl methyl sites for hydroxylation is 2. The predicted octanol–water partition coefficient (Wildman–Crippen LogP) is 4.54. The number of hydrogen-bond acceptors (Lipinski definition) is 1. The van der Waals surface area contributed by atoms with Gasteiger partial charge in [0.2, 0.25) is 0 Å². The number of carbonyl (C=O) groups excluding carboxylic acids is 1. The molecule has 0 saturated carbocycles. The molecule has 0 aliphatic rings. The molecule has 2 rings (SSSR count). The number of nitrogens with one attached hydrogen (secondary N) is 1. The molecule has 0 saturated heterocycles. The molecule has 2 nitrogen and oxygen atoms in total. The van der Waals surface area contributed by atoms with Gasteiger partial charge in [-0.3, -0.25) is 4.79 Å². The third-order valence-corrected chi connectivity index (χ3v) is 3.95. The van der Waals surface area contributed by atoms with E-state index in [4.69, 9.17) is 23.2 Å². The summed E-state index contributed by atoms with van der Waals surface area (Å²) in [4.78, 5) is 12.1. The Morgan fingerprint density at radius 2 is 1.90 bits per heavy atom. The summed E-state index contributed by atoms with van der Waals surface area (Å²) in [5.41, 5.74) is 3.84. The van der Waals surface area contributed by atoms with Gasteiger partial charge in [0.25, 0.3) is 5.91 Å². The van der Waals surface area contributed by atoms with Crippen LogP contribution in [0.5, 0.6) is 0 Å². The van der Waals surface area contributed by atoms with E-state index in [0.717, 1.165) is 11.1 Å². The summed E-state index contributed by atoms with van der Waals surface area (Å²) >= 11 is 11.9. The van der Waals surface area contributed by atoms with Crippen LogP contribution in [0, 0.1) is 13.8 Å². The lowest BCUT2D eigenvalue weighted by atomic mass is 10.1. The fraction of sp³-hybridized carbons (Fsp3) is 0.188. The van der Waals surface area contributed by atoms with Crippen LogP contribution in [0.3, 0.4) is 0 Å². The molecule has 0 radical (unpaired) electrons. The Bertz CT molecular complexity index is 653. The maximum atomic E-state index is 12.1. The van der Waals surface area contributed by atoms with Crippen molar-refractivity contribution in [2.24, 2.45) is 0 Å². The van der Waals surface area contributed by atoms with Gasteiger partial charge in [0.05, 0.1) is 15.6 Å². The zero-order valence-corrected chi connectivity index (χ0v) is 12.8. The molecular formula is C16H15Cl2NO. The average Bonchev–Trinajstić information content (AvgIpc) is 2.40. The first-order chi connectivity index (χ1) is 9.49. The molecule has 1 N–H and O–H groups in total. The predicted molar refractivity (Wildman–Crippen MR) is 83.5 cm³/mol. The zero-order chi connectivity index (χ0) is 14.7. The standard InChI is InChI=1S/C16H15Cl2NO/c1-10-6-7-12(11(2)8-10)9-19-16(20)13-4-3-5-14(17)15(13)18/h3-8H,9H2,1-2H3,(H,19,20). The minimum absolute atomic E-state index is 0.225. The lowest BCUT2D eigenvalue weighted by Gasteiger charge is -2.10. The fourth-order valence-electron chi connectivity index (χ4n) is 1.99. The van der Waals surface area contributed by atoms with Crippen molar-refractivity contribution in [1.29, 1.82) is 0 Å². The number of carbonyl (C=O) groups is 1. The maximum Gasteiger partial charge on any atom is 0.253 e. The quantitative estimate of drug-likeness (QED) is 0.886. The molecule has 1 amide bonds. The number of amides is 1. The average molecular weight is 308 g/mol. The molecule has 0 bridgehead atoms. The van der Waals surface area contributed by atoms with Crippen LogP contribution in [-0.4, -0.2) is 5.91 Å². The van der Waals surface area contributed by atoms with E-state index in [1.165, 1.54) is 5.56 Å². The molecule has 0 fully saturated rings. The van der Waals surface area contributed by atoms with Crippen molar-refractivity contribution in [3.8, 4) is 0 Å². The van der Waals surface area contributed by atoms with Gasteiger partial charge in [0.15, 0.2) is 0 Å². The van der Waals surface area contributed by atoms with Crippen molar-refractivity contribution < 1.29 is 4.79 Å². The van der Waals surface area contributed by atoms with E-state index >= 15 is 0 Å². The molecular weight excluding hydrogens is 293 g/mol. The highest BCUT2D eigenvalue weighted by Crippen LogP contribution is 2.25. The Labute approximate surface area is 128 Å². The van der Waals surface area contributed by atoms with Gasteiger partial charge in [-0.25, -0.2) is 0 Å². The normalized spacial score (nSPS) is 10.4. The van der Waals surface area contributed by atoms with Crippen LogP contribution >= 0.6 is 23.2 Å². The molecule has 2 aromatic carbocycles. The molecule has 0 aliphatic carbocycles. The van der Waals surface area contributed by atoms with E-state index in [0.29, 0.717) is 17.1 Å². The van der Waals surface area contributed by atoms with Gasteiger partial charge in [-0.2, -0.15) is 0 Å². The Morgan fingerprint density at radius 1 is 1.15 bits per heavy atom. The topological polar surface area (TPSA) is 29.1 Å². The molecule has 0 aromatic heterocycles. The van der Waals surface area contributed by atoms with Crippen LogP contribution in [0.15, 0.2) is 36.4 Å². The second-order valence-corrected chi connectivity index (χ2v) is 5.50. The van der Waals surface area contributed by atoms with E-state index in [9.17, 15) is 4.79 Å². The largest absolute Gasteiger partial charge is 0.348 e. The first-order valence-electron chi connectivity index (χ1n) is 6.27. The number of hydrogen-bond donors (Lipinski definition) is 1. The molecule has 20 heavy (non-hydrogen) atoms. The molecule has 2 aromatic rings. The monoisotopic (exact) mass is 307 g/mol. The molecule has 0 aliphatic heterocycles. The molecule has 104 valence electrons. The Kier molecular flexibility index (Phi) is 4.69. The van der Waals surface area contributed by atoms with Crippen molar-refractivity contribution in [3.63, 3.8) is 0 Å². The highest BCUT2D eigenvalue weighted by Gasteiger charge is 2.12. The van der Waals surface area contributed by atoms with Crippen molar-refractivity contribution in [3.05, 3.63) is 68.7 Å². The third-order valence-electron chi connectivity index (χ3n) is 3.13. The number of benzene rings is 2. The van der Waals surface area contributed by atoms with Crippen LogP contribution in [0.25, 0.3) is 0 Å². The second kappa shape index (κ2) is 6.29. The summed E-state index contributed by atoms with van der Waals surface area (Å²) in [6, 6.07) is 11.2. The minimum Gasteiger partial charge on any atom is -0.348 e. The van der Waals surface area contributed by atoms with E-state index in [-0.39, 0.29) is 10.9 Å². The van der Waals surface area contributed by atoms with Crippen LogP contribution in [-0.2, 0) is 6.54 Å². The Balaban J connectivity index is 2.11. The highest BCUT2D eigenvalue weighted by molar-refractivity contribution is 6.43. The van der Waals surface area contributed by atoms with Crippen LogP contribution in [0.1, 0.15) is 27.0 Å². The maximum absolute atomic E-state index is 12.1. The summed E-state index contributed by atoms with van der Waals surface area (Å²) in [6.45, 7) is 4.54. The third kappa shape index (κ3) is 3.33. The van der Waals surface area contributed by atoms with Crippen LogP contribution in [0.4, 0.5) is 0 Å². The van der Waals surface area contributed by atoms with Gasteiger partial charge < -0.3 is 5.32 Å². The van der Waals surface area contributed by atoms with Crippen molar-refractivity contribution >= 4 is 29.1 Å². The van der Waals surface area contributed by atoms with Crippen molar-refractivity contribution in [1.82, 2.24) is 5.32 Å².